The van der Waals surface area contributed by atoms with Crippen molar-refractivity contribution in [2.75, 3.05) is 18.0 Å². The predicted octanol–water partition coefficient (Wildman–Crippen LogP) is 4.10. The van der Waals surface area contributed by atoms with Crippen molar-refractivity contribution in [3.8, 4) is 0 Å². The number of nitrogens with zero attached hydrogens (tertiary/aromatic N) is 1. The molecule has 0 aromatic heterocycles. The molecule has 1 aliphatic rings. The molecule has 2 nitrogen and oxygen atoms in total. The van der Waals surface area contributed by atoms with Crippen LogP contribution in [0.25, 0.3) is 0 Å². The second-order valence-electron chi connectivity index (χ2n) is 5.33. The first-order valence-electron chi connectivity index (χ1n) is 6.63. The van der Waals surface area contributed by atoms with Crippen LogP contribution in [0.4, 0.5) is 10.1 Å². The summed E-state index contributed by atoms with van der Waals surface area (Å²) in [5.41, 5.74) is 0.895. The van der Waals surface area contributed by atoms with Gasteiger partial charge in [-0.05, 0) is 25.0 Å². The minimum absolute atomic E-state index is 0.0847. The van der Waals surface area contributed by atoms with Crippen LogP contribution in [0.1, 0.15) is 26.7 Å². The summed E-state index contributed by atoms with van der Waals surface area (Å²) in [6.07, 6.45) is 2.27. The first-order valence-corrected chi connectivity index (χ1v) is 7.38. The molecule has 0 aliphatic carbocycles. The Morgan fingerprint density at radius 3 is 2.53 bits per heavy atom. The lowest BCUT2D eigenvalue weighted by Crippen LogP contribution is -2.47. The number of hydrogen-bond donors (Lipinski definition) is 1. The molecule has 0 bridgehead atoms. The molecule has 5 heteroatoms. The van der Waals surface area contributed by atoms with Crippen molar-refractivity contribution in [1.29, 1.82) is 0 Å². The molecule has 19 heavy (non-hydrogen) atoms. The molecule has 106 valence electrons. The van der Waals surface area contributed by atoms with Gasteiger partial charge in [0, 0.05) is 30.9 Å². The predicted molar refractivity (Wildman–Crippen MR) is 79.9 cm³/mol. The van der Waals surface area contributed by atoms with Gasteiger partial charge in [-0.1, -0.05) is 37.0 Å². The third-order valence-corrected chi connectivity index (χ3v) is 3.87. The van der Waals surface area contributed by atoms with E-state index in [-0.39, 0.29) is 10.0 Å². The van der Waals surface area contributed by atoms with Gasteiger partial charge >= 0.3 is 0 Å². The summed E-state index contributed by atoms with van der Waals surface area (Å²) in [4.78, 5) is 2.21. The van der Waals surface area contributed by atoms with E-state index in [9.17, 15) is 4.39 Å². The summed E-state index contributed by atoms with van der Waals surface area (Å²) in [7, 11) is 0. The summed E-state index contributed by atoms with van der Waals surface area (Å²) >= 11 is 11.7. The van der Waals surface area contributed by atoms with Crippen LogP contribution in [0, 0.1) is 5.82 Å². The van der Waals surface area contributed by atoms with Crippen LogP contribution in [0.2, 0.25) is 10.0 Å². The maximum absolute atomic E-state index is 13.4. The fourth-order valence-corrected chi connectivity index (χ4v) is 3.02. The zero-order chi connectivity index (χ0) is 14.0. The molecule has 1 saturated heterocycles. The Labute approximate surface area is 123 Å². The second kappa shape index (κ2) is 6.29. The quantitative estimate of drug-likeness (QED) is 0.846. The Kier molecular flexibility index (Phi) is 4.93. The van der Waals surface area contributed by atoms with Gasteiger partial charge in [0.15, 0.2) is 5.82 Å². The van der Waals surface area contributed by atoms with E-state index in [1.807, 2.05) is 0 Å². The van der Waals surface area contributed by atoms with Gasteiger partial charge in [0.25, 0.3) is 0 Å². The molecule has 0 saturated carbocycles. The Balaban J connectivity index is 2.13. The molecule has 1 aromatic rings. The largest absolute Gasteiger partial charge is 0.370 e. The molecule has 0 amide bonds. The van der Waals surface area contributed by atoms with Crippen LogP contribution < -0.4 is 10.2 Å². The van der Waals surface area contributed by atoms with E-state index in [4.69, 9.17) is 23.2 Å². The van der Waals surface area contributed by atoms with E-state index in [0.717, 1.165) is 31.6 Å². The summed E-state index contributed by atoms with van der Waals surface area (Å²) in [6, 6.07) is 4.22. The summed E-state index contributed by atoms with van der Waals surface area (Å²) in [5.74, 6) is -0.541. The lowest BCUT2D eigenvalue weighted by atomic mass is 10.0. The van der Waals surface area contributed by atoms with Crippen molar-refractivity contribution in [3.63, 3.8) is 0 Å². The molecule has 1 atom stereocenters. The van der Waals surface area contributed by atoms with Crippen molar-refractivity contribution in [3.05, 3.63) is 28.0 Å². The van der Waals surface area contributed by atoms with E-state index in [1.165, 1.54) is 0 Å². The number of nitrogens with one attached hydrogen (secondary N) is 1. The fourth-order valence-electron chi connectivity index (χ4n) is 2.54. The molecule has 1 aromatic carbocycles. The average molecular weight is 305 g/mol. The lowest BCUT2D eigenvalue weighted by molar-refractivity contribution is 0.394. The summed E-state index contributed by atoms with van der Waals surface area (Å²) < 4.78 is 13.4. The minimum Gasteiger partial charge on any atom is -0.370 e. The number of anilines is 1. The molecule has 1 heterocycles. The van der Waals surface area contributed by atoms with Crippen molar-refractivity contribution < 1.29 is 4.39 Å². The first-order chi connectivity index (χ1) is 8.97. The summed E-state index contributed by atoms with van der Waals surface area (Å²) in [6.45, 7) is 6.14. The Morgan fingerprint density at radius 1 is 1.32 bits per heavy atom. The zero-order valence-corrected chi connectivity index (χ0v) is 12.7. The standard InChI is InChI=1S/C14H19Cl2FN2/c1-9(2)18-10-4-3-5-19(8-10)11-6-12(15)14(17)13(16)7-11/h6-7,9-10,18H,3-5,8H2,1-2H3. The van der Waals surface area contributed by atoms with Gasteiger partial charge in [-0.3, -0.25) is 0 Å². The first kappa shape index (κ1) is 14.9. The second-order valence-corrected chi connectivity index (χ2v) is 6.14. The minimum atomic E-state index is -0.541. The highest BCUT2D eigenvalue weighted by Gasteiger charge is 2.21. The van der Waals surface area contributed by atoms with Gasteiger partial charge in [0.2, 0.25) is 0 Å². The maximum atomic E-state index is 13.4. The van der Waals surface area contributed by atoms with Gasteiger partial charge in [0.1, 0.15) is 0 Å². The van der Waals surface area contributed by atoms with Crippen molar-refractivity contribution in [2.24, 2.45) is 0 Å². The third-order valence-electron chi connectivity index (χ3n) is 3.32. The van der Waals surface area contributed by atoms with Crippen LogP contribution in [0.3, 0.4) is 0 Å². The molecule has 1 unspecified atom stereocenters. The Morgan fingerprint density at radius 2 is 1.95 bits per heavy atom. The molecule has 0 spiro atoms. The summed E-state index contributed by atoms with van der Waals surface area (Å²) in [5, 5.41) is 3.71. The third kappa shape index (κ3) is 3.74. The molecule has 1 fully saturated rings. The van der Waals surface area contributed by atoms with E-state index in [1.54, 1.807) is 12.1 Å². The van der Waals surface area contributed by atoms with Crippen LogP contribution >= 0.6 is 23.2 Å². The zero-order valence-electron chi connectivity index (χ0n) is 11.2. The Hall–Kier alpha value is -0.510. The smallest absolute Gasteiger partial charge is 0.160 e. The normalized spacial score (nSPS) is 20.1. The SMILES string of the molecule is CC(C)NC1CCCN(c2cc(Cl)c(F)c(Cl)c2)C1. The van der Waals surface area contributed by atoms with Crippen molar-refractivity contribution in [2.45, 2.75) is 38.8 Å². The van der Waals surface area contributed by atoms with Gasteiger partial charge in [-0.15, -0.1) is 0 Å². The van der Waals surface area contributed by atoms with E-state index in [2.05, 4.69) is 24.1 Å². The molecular weight excluding hydrogens is 286 g/mol. The maximum Gasteiger partial charge on any atom is 0.160 e. The molecule has 0 radical (unpaired) electrons. The fraction of sp³-hybridized carbons (Fsp3) is 0.571. The molecule has 1 aliphatic heterocycles. The molecule has 2 rings (SSSR count). The highest BCUT2D eigenvalue weighted by atomic mass is 35.5. The van der Waals surface area contributed by atoms with Gasteiger partial charge in [-0.25, -0.2) is 4.39 Å². The van der Waals surface area contributed by atoms with Crippen LogP contribution in [0.5, 0.6) is 0 Å². The number of rotatable bonds is 3. The average Bonchev–Trinajstić information content (AvgIpc) is 2.35. The van der Waals surface area contributed by atoms with Crippen LogP contribution in [-0.4, -0.2) is 25.2 Å². The van der Waals surface area contributed by atoms with Crippen LogP contribution in [0.15, 0.2) is 12.1 Å². The van der Waals surface area contributed by atoms with Gasteiger partial charge < -0.3 is 10.2 Å². The van der Waals surface area contributed by atoms with Gasteiger partial charge in [0.05, 0.1) is 10.0 Å². The topological polar surface area (TPSA) is 15.3 Å². The van der Waals surface area contributed by atoms with E-state index >= 15 is 0 Å². The Bertz CT molecular complexity index is 428. The van der Waals surface area contributed by atoms with Gasteiger partial charge in [-0.2, -0.15) is 0 Å². The highest BCUT2D eigenvalue weighted by molar-refractivity contribution is 6.35. The van der Waals surface area contributed by atoms with Crippen molar-refractivity contribution >= 4 is 28.9 Å². The van der Waals surface area contributed by atoms with Crippen LogP contribution in [-0.2, 0) is 0 Å². The number of hydrogen-bond acceptors (Lipinski definition) is 2. The molecule has 1 N–H and O–H groups in total. The molecular formula is C14H19Cl2FN2. The van der Waals surface area contributed by atoms with Crippen molar-refractivity contribution in [1.82, 2.24) is 5.32 Å². The van der Waals surface area contributed by atoms with E-state index in [0.29, 0.717) is 12.1 Å². The monoisotopic (exact) mass is 304 g/mol. The number of halogens is 3. The lowest BCUT2D eigenvalue weighted by Gasteiger charge is -2.36. The number of piperidine rings is 1. The van der Waals surface area contributed by atoms with E-state index < -0.39 is 5.82 Å². The highest BCUT2D eigenvalue weighted by Crippen LogP contribution is 2.30. The number of benzene rings is 1.